The number of hydrogen-bond donors (Lipinski definition) is 0. The zero-order valence-corrected chi connectivity index (χ0v) is 14.1. The third kappa shape index (κ3) is 2.86. The van der Waals surface area contributed by atoms with Crippen molar-refractivity contribution in [3.05, 3.63) is 39.9 Å². The van der Waals surface area contributed by atoms with E-state index in [1.807, 2.05) is 0 Å². The number of methoxy groups -OCH3 is 2. The van der Waals surface area contributed by atoms with Crippen molar-refractivity contribution in [2.24, 2.45) is 11.8 Å². The van der Waals surface area contributed by atoms with E-state index in [9.17, 15) is 19.7 Å². The number of esters is 2. The molecule has 1 aromatic carbocycles. The average molecular weight is 348 g/mol. The smallest absolute Gasteiger partial charge is 0.311 e. The minimum atomic E-state index is -0.691. The second-order valence-electron chi connectivity index (χ2n) is 6.34. The van der Waals surface area contributed by atoms with Crippen molar-refractivity contribution >= 4 is 17.6 Å². The van der Waals surface area contributed by atoms with E-state index in [0.29, 0.717) is 0 Å². The van der Waals surface area contributed by atoms with Gasteiger partial charge in [0.25, 0.3) is 5.69 Å². The van der Waals surface area contributed by atoms with Crippen LogP contribution in [0.25, 0.3) is 0 Å². The van der Waals surface area contributed by atoms with E-state index in [4.69, 9.17) is 9.47 Å². The van der Waals surface area contributed by atoms with Crippen LogP contribution in [0.3, 0.4) is 0 Å². The van der Waals surface area contributed by atoms with Crippen LogP contribution in [0.1, 0.15) is 24.4 Å². The van der Waals surface area contributed by atoms with Crippen LogP contribution >= 0.6 is 0 Å². The Morgan fingerprint density at radius 3 is 2.28 bits per heavy atom. The van der Waals surface area contributed by atoms with Gasteiger partial charge in [0, 0.05) is 24.2 Å². The molecule has 0 bridgehead atoms. The van der Waals surface area contributed by atoms with Crippen LogP contribution in [0, 0.1) is 22.0 Å². The maximum Gasteiger partial charge on any atom is 0.311 e. The van der Waals surface area contributed by atoms with Crippen molar-refractivity contribution in [3.8, 4) is 0 Å². The number of nitro groups is 1. The number of non-ortho nitro benzene ring substituents is 1. The highest BCUT2D eigenvalue weighted by atomic mass is 16.6. The molecule has 1 aromatic rings. The predicted molar refractivity (Wildman–Crippen MR) is 86.6 cm³/mol. The molecule has 0 amide bonds. The van der Waals surface area contributed by atoms with Crippen LogP contribution in [0.4, 0.5) is 5.69 Å². The lowest BCUT2D eigenvalue weighted by Crippen LogP contribution is -2.35. The number of carbonyl (C=O) groups is 2. The van der Waals surface area contributed by atoms with Crippen molar-refractivity contribution < 1.29 is 24.0 Å². The molecule has 0 aromatic heterocycles. The van der Waals surface area contributed by atoms with Gasteiger partial charge in [-0.3, -0.25) is 24.6 Å². The lowest BCUT2D eigenvalue weighted by atomic mass is 9.83. The molecule has 2 saturated heterocycles. The van der Waals surface area contributed by atoms with Gasteiger partial charge in [0.05, 0.1) is 31.0 Å². The topological polar surface area (TPSA) is 99.0 Å². The van der Waals surface area contributed by atoms with E-state index in [2.05, 4.69) is 4.90 Å². The molecule has 0 spiro atoms. The van der Waals surface area contributed by atoms with Gasteiger partial charge in [-0.15, -0.1) is 0 Å². The Hall–Kier alpha value is -2.48. The van der Waals surface area contributed by atoms with Crippen LogP contribution in [-0.4, -0.2) is 48.6 Å². The van der Waals surface area contributed by atoms with Gasteiger partial charge in [0.15, 0.2) is 0 Å². The number of carbonyl (C=O) groups excluding carboxylic acids is 2. The van der Waals surface area contributed by atoms with Gasteiger partial charge in [-0.25, -0.2) is 0 Å². The Balaban J connectivity index is 2.03. The maximum absolute atomic E-state index is 12.5. The van der Waals surface area contributed by atoms with Gasteiger partial charge < -0.3 is 9.47 Å². The maximum atomic E-state index is 12.5. The van der Waals surface area contributed by atoms with Gasteiger partial charge in [-0.05, 0) is 24.9 Å². The summed E-state index contributed by atoms with van der Waals surface area (Å²) in [5, 5.41) is 10.9. The van der Waals surface area contributed by atoms with E-state index in [0.717, 1.165) is 24.9 Å². The molecule has 3 rings (SSSR count). The molecule has 2 heterocycles. The third-order valence-corrected chi connectivity index (χ3v) is 5.23. The number of rotatable bonds is 4. The summed E-state index contributed by atoms with van der Waals surface area (Å²) in [4.78, 5) is 37.4. The monoisotopic (exact) mass is 348 g/mol. The predicted octanol–water partition coefficient (Wildman–Crippen LogP) is 1.69. The van der Waals surface area contributed by atoms with Gasteiger partial charge in [-0.2, -0.15) is 0 Å². The molecule has 2 aliphatic rings. The summed E-state index contributed by atoms with van der Waals surface area (Å²) in [6, 6.07) is 5.68. The zero-order chi connectivity index (χ0) is 18.1. The van der Waals surface area contributed by atoms with Crippen molar-refractivity contribution in [1.29, 1.82) is 0 Å². The first-order chi connectivity index (χ1) is 12.0. The summed E-state index contributed by atoms with van der Waals surface area (Å²) in [7, 11) is 2.61. The van der Waals surface area contributed by atoms with Crippen LogP contribution in [0.15, 0.2) is 24.3 Å². The molecule has 0 aliphatic carbocycles. The number of fused-ring (bicyclic) bond motifs is 1. The first-order valence-electron chi connectivity index (χ1n) is 8.15. The van der Waals surface area contributed by atoms with Crippen LogP contribution in [-0.2, 0) is 19.1 Å². The van der Waals surface area contributed by atoms with Crippen molar-refractivity contribution in [2.45, 2.75) is 24.9 Å². The van der Waals surface area contributed by atoms with Gasteiger partial charge in [0.1, 0.15) is 0 Å². The number of hydrogen-bond acceptors (Lipinski definition) is 7. The van der Waals surface area contributed by atoms with Gasteiger partial charge in [0.2, 0.25) is 0 Å². The van der Waals surface area contributed by atoms with E-state index >= 15 is 0 Å². The van der Waals surface area contributed by atoms with Crippen LogP contribution in [0.2, 0.25) is 0 Å². The standard InChI is InChI=1S/C17H20N2O6/c1-24-16(20)13-12-4-3-9-18(12)15(14(13)17(21)25-2)10-5-7-11(8-6-10)19(22)23/h5-8,12-15H,3-4,9H2,1-2H3/t12-,13+,14-,15-/m1/s1. The highest BCUT2D eigenvalue weighted by molar-refractivity contribution is 5.84. The first kappa shape index (κ1) is 17.3. The molecule has 8 nitrogen and oxygen atoms in total. The van der Waals surface area contributed by atoms with Gasteiger partial charge in [-0.1, -0.05) is 12.1 Å². The summed E-state index contributed by atoms with van der Waals surface area (Å²) in [6.45, 7) is 0.757. The number of nitro benzene ring substituents is 1. The molecule has 0 radical (unpaired) electrons. The van der Waals surface area contributed by atoms with Crippen molar-refractivity contribution in [1.82, 2.24) is 4.90 Å². The fourth-order valence-corrected chi connectivity index (χ4v) is 4.23. The van der Waals surface area contributed by atoms with E-state index in [1.165, 1.54) is 26.4 Å². The van der Waals surface area contributed by atoms with Crippen molar-refractivity contribution in [2.75, 3.05) is 20.8 Å². The molecule has 25 heavy (non-hydrogen) atoms. The Morgan fingerprint density at radius 1 is 1.12 bits per heavy atom. The van der Waals surface area contributed by atoms with Crippen LogP contribution < -0.4 is 0 Å². The van der Waals surface area contributed by atoms with E-state index < -0.39 is 28.7 Å². The molecule has 0 saturated carbocycles. The third-order valence-electron chi connectivity index (χ3n) is 5.23. The second kappa shape index (κ2) is 6.79. The minimum absolute atomic E-state index is 0.0149. The molecule has 2 aliphatic heterocycles. The Labute approximate surface area is 144 Å². The van der Waals surface area contributed by atoms with E-state index in [1.54, 1.807) is 12.1 Å². The Kier molecular flexibility index (Phi) is 4.71. The number of benzene rings is 1. The molecular weight excluding hydrogens is 328 g/mol. The number of nitrogens with zero attached hydrogens (tertiary/aromatic N) is 2. The molecule has 2 fully saturated rings. The Bertz CT molecular complexity index is 689. The highest BCUT2D eigenvalue weighted by Crippen LogP contribution is 2.50. The summed E-state index contributed by atoms with van der Waals surface area (Å²) in [5.74, 6) is -2.17. The molecule has 8 heteroatoms. The van der Waals surface area contributed by atoms with Gasteiger partial charge >= 0.3 is 11.9 Å². The molecular formula is C17H20N2O6. The fraction of sp³-hybridized carbons (Fsp3) is 0.529. The first-order valence-corrected chi connectivity index (χ1v) is 8.15. The lowest BCUT2D eigenvalue weighted by Gasteiger charge is -2.26. The highest BCUT2D eigenvalue weighted by Gasteiger charge is 2.57. The Morgan fingerprint density at radius 2 is 1.72 bits per heavy atom. The summed E-state index contributed by atoms with van der Waals surface area (Å²) in [5.41, 5.74) is 0.748. The molecule has 0 unspecified atom stereocenters. The molecule has 0 N–H and O–H groups in total. The summed E-state index contributed by atoms with van der Waals surface area (Å²) < 4.78 is 9.90. The minimum Gasteiger partial charge on any atom is -0.469 e. The quantitative estimate of drug-likeness (QED) is 0.464. The van der Waals surface area contributed by atoms with Crippen LogP contribution in [0.5, 0.6) is 0 Å². The number of ether oxygens (including phenoxy) is 2. The summed E-state index contributed by atoms with van der Waals surface area (Å²) >= 11 is 0. The fourth-order valence-electron chi connectivity index (χ4n) is 4.23. The summed E-state index contributed by atoms with van der Waals surface area (Å²) in [6.07, 6.45) is 1.73. The van der Waals surface area contributed by atoms with Crippen molar-refractivity contribution in [3.63, 3.8) is 0 Å². The second-order valence-corrected chi connectivity index (χ2v) is 6.34. The normalized spacial score (nSPS) is 28.4. The largest absolute Gasteiger partial charge is 0.469 e. The lowest BCUT2D eigenvalue weighted by molar-refractivity contribution is -0.384. The molecule has 134 valence electrons. The molecule has 4 atom stereocenters. The average Bonchev–Trinajstić information content (AvgIpc) is 3.20. The SMILES string of the molecule is COC(=O)[C@@H]1[C@@H](C(=O)OC)[C@@H](c2ccc([N+](=O)[O-])cc2)N2CCC[C@H]12. The van der Waals surface area contributed by atoms with E-state index in [-0.39, 0.29) is 17.8 Å². The zero-order valence-electron chi connectivity index (χ0n) is 14.1.